The number of benzene rings is 1. The number of ether oxygens (including phenoxy) is 2. The molecule has 1 amide bonds. The van der Waals surface area contributed by atoms with Gasteiger partial charge in [0.2, 0.25) is 0 Å². The van der Waals surface area contributed by atoms with Gasteiger partial charge in [0.15, 0.2) is 0 Å². The van der Waals surface area contributed by atoms with Crippen molar-refractivity contribution in [2.75, 3.05) is 20.8 Å². The van der Waals surface area contributed by atoms with E-state index >= 15 is 0 Å². The van der Waals surface area contributed by atoms with Crippen molar-refractivity contribution in [2.24, 2.45) is 0 Å². The SMILES string of the molecule is CCCCCN1C(=O)C(=O)/C(=C(\O)c2ccc(OC)cc2OC)C1c1ccco1. The molecule has 2 aromatic rings. The number of ketones is 1. The fraction of sp³-hybridized carbons (Fsp3) is 0.364. The van der Waals surface area contributed by atoms with Gasteiger partial charge in [-0.25, -0.2) is 0 Å². The number of amides is 1. The molecule has 0 radical (unpaired) electrons. The second-order valence-corrected chi connectivity index (χ2v) is 6.78. The van der Waals surface area contributed by atoms with Gasteiger partial charge in [-0.1, -0.05) is 19.8 Å². The van der Waals surface area contributed by atoms with Gasteiger partial charge in [-0.2, -0.15) is 0 Å². The molecule has 7 heteroatoms. The fourth-order valence-electron chi connectivity index (χ4n) is 3.52. The summed E-state index contributed by atoms with van der Waals surface area (Å²) in [6.45, 7) is 2.47. The van der Waals surface area contributed by atoms with E-state index in [1.54, 1.807) is 30.3 Å². The number of hydrogen-bond acceptors (Lipinski definition) is 6. The zero-order valence-electron chi connectivity index (χ0n) is 16.8. The smallest absolute Gasteiger partial charge is 0.295 e. The third-order valence-electron chi connectivity index (χ3n) is 5.02. The maximum absolute atomic E-state index is 12.9. The first-order chi connectivity index (χ1) is 14.0. The Kier molecular flexibility index (Phi) is 6.26. The van der Waals surface area contributed by atoms with Crippen molar-refractivity contribution in [2.45, 2.75) is 32.2 Å². The number of unbranched alkanes of at least 4 members (excludes halogenated alkanes) is 2. The molecule has 2 heterocycles. The second-order valence-electron chi connectivity index (χ2n) is 6.78. The molecule has 1 fully saturated rings. The average molecular weight is 399 g/mol. The number of methoxy groups -OCH3 is 2. The number of carbonyl (C=O) groups excluding carboxylic acids is 2. The molecule has 1 atom stereocenters. The zero-order chi connectivity index (χ0) is 21.0. The molecule has 154 valence electrons. The highest BCUT2D eigenvalue weighted by Gasteiger charge is 2.47. The Balaban J connectivity index is 2.12. The summed E-state index contributed by atoms with van der Waals surface area (Å²) in [6.07, 6.45) is 4.15. The van der Waals surface area contributed by atoms with Crippen LogP contribution in [0.3, 0.4) is 0 Å². The molecule has 3 rings (SSSR count). The Bertz CT molecular complexity index is 915. The van der Waals surface area contributed by atoms with Gasteiger partial charge >= 0.3 is 0 Å². The van der Waals surface area contributed by atoms with Crippen LogP contribution in [0.15, 0.2) is 46.6 Å². The predicted molar refractivity (Wildman–Crippen MR) is 107 cm³/mol. The molecule has 1 N–H and O–H groups in total. The zero-order valence-corrected chi connectivity index (χ0v) is 16.8. The number of likely N-dealkylation sites (tertiary alicyclic amines) is 1. The Morgan fingerprint density at radius 1 is 1.17 bits per heavy atom. The summed E-state index contributed by atoms with van der Waals surface area (Å²) in [5, 5.41) is 11.1. The summed E-state index contributed by atoms with van der Waals surface area (Å²) in [5.41, 5.74) is 0.293. The van der Waals surface area contributed by atoms with E-state index in [4.69, 9.17) is 13.9 Å². The summed E-state index contributed by atoms with van der Waals surface area (Å²) >= 11 is 0. The van der Waals surface area contributed by atoms with E-state index in [1.807, 2.05) is 0 Å². The van der Waals surface area contributed by atoms with Gasteiger partial charge in [-0.15, -0.1) is 0 Å². The Labute approximate surface area is 169 Å². The molecule has 7 nitrogen and oxygen atoms in total. The van der Waals surface area contributed by atoms with Crippen molar-refractivity contribution < 1.29 is 28.6 Å². The average Bonchev–Trinajstić information content (AvgIpc) is 3.35. The first-order valence-corrected chi connectivity index (χ1v) is 9.57. The maximum Gasteiger partial charge on any atom is 0.295 e. The van der Waals surface area contributed by atoms with E-state index < -0.39 is 17.7 Å². The van der Waals surface area contributed by atoms with Gasteiger partial charge in [0.25, 0.3) is 11.7 Å². The van der Waals surface area contributed by atoms with Gasteiger partial charge in [0.1, 0.15) is 29.1 Å². The van der Waals surface area contributed by atoms with E-state index in [-0.39, 0.29) is 11.3 Å². The van der Waals surface area contributed by atoms with Crippen LogP contribution in [0.2, 0.25) is 0 Å². The third-order valence-corrected chi connectivity index (χ3v) is 5.02. The van der Waals surface area contributed by atoms with E-state index in [2.05, 4.69) is 6.92 Å². The largest absolute Gasteiger partial charge is 0.507 e. The standard InChI is InChI=1S/C22H25NO6/c1-4-5-6-11-23-19(16-8-7-12-29-16)18(21(25)22(23)26)20(24)15-10-9-14(27-2)13-17(15)28-3/h7-10,12-13,19,24H,4-6,11H2,1-3H3/b20-18-. The predicted octanol–water partition coefficient (Wildman–Crippen LogP) is 3.91. The summed E-state index contributed by atoms with van der Waals surface area (Å²) < 4.78 is 16.1. The summed E-state index contributed by atoms with van der Waals surface area (Å²) in [4.78, 5) is 27.1. The van der Waals surface area contributed by atoms with Gasteiger partial charge in [-0.3, -0.25) is 9.59 Å². The van der Waals surface area contributed by atoms with Crippen LogP contribution in [-0.4, -0.2) is 42.5 Å². The van der Waals surface area contributed by atoms with Crippen LogP contribution in [0.25, 0.3) is 5.76 Å². The van der Waals surface area contributed by atoms with Crippen molar-refractivity contribution in [1.82, 2.24) is 4.90 Å². The van der Waals surface area contributed by atoms with Crippen molar-refractivity contribution in [3.05, 3.63) is 53.5 Å². The molecule has 0 aliphatic carbocycles. The van der Waals surface area contributed by atoms with Crippen molar-refractivity contribution in [3.8, 4) is 11.5 Å². The van der Waals surface area contributed by atoms with Crippen LogP contribution in [0, 0.1) is 0 Å². The topological polar surface area (TPSA) is 89.2 Å². The van der Waals surface area contributed by atoms with Crippen LogP contribution in [-0.2, 0) is 9.59 Å². The van der Waals surface area contributed by atoms with Crippen LogP contribution < -0.4 is 9.47 Å². The van der Waals surface area contributed by atoms with E-state index in [0.717, 1.165) is 19.3 Å². The fourth-order valence-corrected chi connectivity index (χ4v) is 3.52. The van der Waals surface area contributed by atoms with Crippen LogP contribution >= 0.6 is 0 Å². The number of carbonyl (C=O) groups is 2. The molecule has 1 saturated heterocycles. The lowest BCUT2D eigenvalue weighted by atomic mass is 9.98. The summed E-state index contributed by atoms with van der Waals surface area (Å²) in [5.74, 6) is -0.384. The molecule has 0 spiro atoms. The number of hydrogen-bond donors (Lipinski definition) is 1. The molecule has 0 bridgehead atoms. The molecule has 1 aliphatic heterocycles. The Morgan fingerprint density at radius 2 is 1.97 bits per heavy atom. The Morgan fingerprint density at radius 3 is 2.59 bits per heavy atom. The van der Waals surface area contributed by atoms with E-state index in [1.165, 1.54) is 25.4 Å². The minimum atomic E-state index is -0.784. The number of aliphatic hydroxyl groups is 1. The van der Waals surface area contributed by atoms with Crippen LogP contribution in [0.4, 0.5) is 0 Å². The number of Topliss-reactive ketones (excluding diaryl/α,β-unsaturated/α-hetero) is 1. The molecular formula is C22H25NO6. The quantitative estimate of drug-likeness (QED) is 0.313. The van der Waals surface area contributed by atoms with Crippen LogP contribution in [0.1, 0.15) is 43.6 Å². The minimum absolute atomic E-state index is 0.00934. The molecule has 0 saturated carbocycles. The summed E-state index contributed by atoms with van der Waals surface area (Å²) in [7, 11) is 2.98. The van der Waals surface area contributed by atoms with E-state index in [9.17, 15) is 14.7 Å². The normalized spacial score (nSPS) is 18.3. The van der Waals surface area contributed by atoms with Gasteiger partial charge in [0.05, 0.1) is 31.6 Å². The molecular weight excluding hydrogens is 374 g/mol. The van der Waals surface area contributed by atoms with Gasteiger partial charge in [0, 0.05) is 12.6 Å². The molecule has 1 aliphatic rings. The highest BCUT2D eigenvalue weighted by molar-refractivity contribution is 6.46. The first-order valence-electron chi connectivity index (χ1n) is 9.57. The molecule has 1 aromatic heterocycles. The lowest BCUT2D eigenvalue weighted by Crippen LogP contribution is -2.30. The summed E-state index contributed by atoms with van der Waals surface area (Å²) in [6, 6.07) is 7.45. The maximum atomic E-state index is 12.9. The number of aliphatic hydroxyl groups excluding tert-OH is 1. The number of rotatable bonds is 8. The van der Waals surface area contributed by atoms with Crippen molar-refractivity contribution in [1.29, 1.82) is 0 Å². The highest BCUT2D eigenvalue weighted by Crippen LogP contribution is 2.41. The number of furan rings is 1. The highest BCUT2D eigenvalue weighted by atomic mass is 16.5. The lowest BCUT2D eigenvalue weighted by Gasteiger charge is -2.23. The molecule has 29 heavy (non-hydrogen) atoms. The van der Waals surface area contributed by atoms with E-state index in [0.29, 0.717) is 29.4 Å². The lowest BCUT2D eigenvalue weighted by molar-refractivity contribution is -0.140. The monoisotopic (exact) mass is 399 g/mol. The molecule has 1 aromatic carbocycles. The minimum Gasteiger partial charge on any atom is -0.507 e. The van der Waals surface area contributed by atoms with Crippen molar-refractivity contribution in [3.63, 3.8) is 0 Å². The molecule has 1 unspecified atom stereocenters. The first kappa shape index (κ1) is 20.5. The number of nitrogens with zero attached hydrogens (tertiary/aromatic N) is 1. The Hall–Kier alpha value is -3.22. The van der Waals surface area contributed by atoms with Crippen molar-refractivity contribution >= 4 is 17.4 Å². The third kappa shape index (κ3) is 3.85. The van der Waals surface area contributed by atoms with Crippen LogP contribution in [0.5, 0.6) is 11.5 Å². The second kappa shape index (κ2) is 8.86. The van der Waals surface area contributed by atoms with Gasteiger partial charge in [-0.05, 0) is 30.7 Å². The van der Waals surface area contributed by atoms with Gasteiger partial charge < -0.3 is 23.9 Å².